The molecule has 0 radical (unpaired) electrons. The lowest BCUT2D eigenvalue weighted by atomic mass is 10.2. The Kier molecular flexibility index (Phi) is 6.96. The van der Waals surface area contributed by atoms with Gasteiger partial charge in [-0.1, -0.05) is 58.0 Å². The van der Waals surface area contributed by atoms with Crippen molar-refractivity contribution in [2.75, 3.05) is 5.75 Å². The number of nitrogens with one attached hydrogen (secondary N) is 1. The first kappa shape index (κ1) is 21.5. The van der Waals surface area contributed by atoms with Gasteiger partial charge in [-0.25, -0.2) is 5.43 Å². The summed E-state index contributed by atoms with van der Waals surface area (Å²) in [5, 5.41) is 15.4. The SMILES string of the molecule is Cc1ccsc1/C=N/NC(=O)CSc1nnc(-c2ccc(Br)cc2)n1-c1ccccc1. The van der Waals surface area contributed by atoms with Gasteiger partial charge < -0.3 is 0 Å². The molecule has 2 heterocycles. The maximum Gasteiger partial charge on any atom is 0.250 e. The van der Waals surface area contributed by atoms with E-state index in [9.17, 15) is 4.79 Å². The molecule has 1 N–H and O–H groups in total. The van der Waals surface area contributed by atoms with Crippen LogP contribution in [0.15, 0.2) is 80.8 Å². The Morgan fingerprint density at radius 3 is 2.65 bits per heavy atom. The number of nitrogens with zero attached hydrogens (tertiary/aromatic N) is 4. The van der Waals surface area contributed by atoms with Gasteiger partial charge in [0.25, 0.3) is 5.91 Å². The molecular weight excluding hydrogens is 494 g/mol. The predicted molar refractivity (Wildman–Crippen MR) is 130 cm³/mol. The zero-order valence-corrected chi connectivity index (χ0v) is 19.7. The molecule has 0 saturated heterocycles. The second-order valence-electron chi connectivity index (χ2n) is 6.53. The van der Waals surface area contributed by atoms with Gasteiger partial charge in [0, 0.05) is 20.6 Å². The summed E-state index contributed by atoms with van der Waals surface area (Å²) in [5.74, 6) is 0.683. The summed E-state index contributed by atoms with van der Waals surface area (Å²) < 4.78 is 2.95. The van der Waals surface area contributed by atoms with E-state index < -0.39 is 0 Å². The summed E-state index contributed by atoms with van der Waals surface area (Å²) in [6, 6.07) is 19.8. The number of halogens is 1. The highest BCUT2D eigenvalue weighted by Crippen LogP contribution is 2.28. The number of carbonyl (C=O) groups is 1. The Labute approximate surface area is 196 Å². The monoisotopic (exact) mass is 511 g/mol. The van der Waals surface area contributed by atoms with Crippen LogP contribution in [0.4, 0.5) is 0 Å². The van der Waals surface area contributed by atoms with Crippen molar-refractivity contribution >= 4 is 51.2 Å². The molecule has 0 aliphatic carbocycles. The standard InChI is InChI=1S/C22H18BrN5OS2/c1-15-11-12-30-19(15)13-24-25-20(29)14-31-22-27-26-21(16-7-9-17(23)10-8-16)28(22)18-5-3-2-4-6-18/h2-13H,14H2,1H3,(H,25,29)/b24-13+. The van der Waals surface area contributed by atoms with E-state index in [1.54, 1.807) is 17.6 Å². The van der Waals surface area contributed by atoms with E-state index in [0.717, 1.165) is 26.2 Å². The maximum atomic E-state index is 12.3. The number of thioether (sulfide) groups is 1. The van der Waals surface area contributed by atoms with Gasteiger partial charge in [0.1, 0.15) is 0 Å². The van der Waals surface area contributed by atoms with Crippen molar-refractivity contribution in [3.63, 3.8) is 0 Å². The van der Waals surface area contributed by atoms with Crippen LogP contribution in [0, 0.1) is 6.92 Å². The molecule has 0 atom stereocenters. The van der Waals surface area contributed by atoms with E-state index in [4.69, 9.17) is 0 Å². The number of hydrogen-bond acceptors (Lipinski definition) is 6. The lowest BCUT2D eigenvalue weighted by molar-refractivity contribution is -0.118. The second-order valence-corrected chi connectivity index (χ2v) is 9.34. The smallest absolute Gasteiger partial charge is 0.250 e. The van der Waals surface area contributed by atoms with Crippen LogP contribution in [-0.4, -0.2) is 32.6 Å². The first-order valence-electron chi connectivity index (χ1n) is 9.37. The molecule has 0 unspecified atom stereocenters. The van der Waals surface area contributed by atoms with Crippen molar-refractivity contribution in [2.24, 2.45) is 5.10 Å². The van der Waals surface area contributed by atoms with Crippen LogP contribution in [0.1, 0.15) is 10.4 Å². The minimum absolute atomic E-state index is 0.173. The zero-order valence-electron chi connectivity index (χ0n) is 16.5. The summed E-state index contributed by atoms with van der Waals surface area (Å²) in [5.41, 5.74) is 5.58. The zero-order chi connectivity index (χ0) is 21.6. The number of hydrazone groups is 1. The Hall–Kier alpha value is -2.75. The molecule has 31 heavy (non-hydrogen) atoms. The number of aryl methyl sites for hydroxylation is 1. The minimum Gasteiger partial charge on any atom is -0.272 e. The van der Waals surface area contributed by atoms with Crippen molar-refractivity contribution in [3.8, 4) is 17.1 Å². The van der Waals surface area contributed by atoms with Crippen LogP contribution >= 0.6 is 39.0 Å². The van der Waals surface area contributed by atoms with E-state index in [2.05, 4.69) is 36.7 Å². The molecule has 0 saturated carbocycles. The highest BCUT2D eigenvalue weighted by molar-refractivity contribution is 9.10. The fourth-order valence-electron chi connectivity index (χ4n) is 2.80. The third-order valence-corrected chi connectivity index (χ3v) is 6.77. The molecule has 2 aromatic heterocycles. The summed E-state index contributed by atoms with van der Waals surface area (Å²) in [4.78, 5) is 13.3. The van der Waals surface area contributed by atoms with Crippen LogP contribution in [0.25, 0.3) is 17.1 Å². The Morgan fingerprint density at radius 2 is 1.94 bits per heavy atom. The fraction of sp³-hybridized carbons (Fsp3) is 0.0909. The molecule has 0 fully saturated rings. The maximum absolute atomic E-state index is 12.3. The lowest BCUT2D eigenvalue weighted by Crippen LogP contribution is -2.20. The topological polar surface area (TPSA) is 72.2 Å². The molecule has 156 valence electrons. The molecule has 6 nitrogen and oxygen atoms in total. The Balaban J connectivity index is 1.51. The third kappa shape index (κ3) is 5.30. The summed E-state index contributed by atoms with van der Waals surface area (Å²) >= 11 is 6.36. The molecule has 0 aliphatic heterocycles. The van der Waals surface area contributed by atoms with E-state index in [1.165, 1.54) is 11.8 Å². The molecule has 4 rings (SSSR count). The quantitative estimate of drug-likeness (QED) is 0.207. The molecule has 2 aromatic carbocycles. The highest BCUT2D eigenvalue weighted by atomic mass is 79.9. The first-order valence-corrected chi connectivity index (χ1v) is 12.0. The molecule has 9 heteroatoms. The van der Waals surface area contributed by atoms with Gasteiger partial charge in [0.05, 0.1) is 12.0 Å². The molecule has 4 aromatic rings. The van der Waals surface area contributed by atoms with Crippen LogP contribution in [0.2, 0.25) is 0 Å². The molecule has 0 spiro atoms. The third-order valence-electron chi connectivity index (χ3n) is 4.36. The predicted octanol–water partition coefficient (Wildman–Crippen LogP) is 5.31. The van der Waals surface area contributed by atoms with Gasteiger partial charge in [-0.2, -0.15) is 5.10 Å². The Morgan fingerprint density at radius 1 is 1.16 bits per heavy atom. The minimum atomic E-state index is -0.205. The van der Waals surface area contributed by atoms with Gasteiger partial charge in [0.2, 0.25) is 0 Å². The average Bonchev–Trinajstić information content (AvgIpc) is 3.39. The number of rotatable bonds is 7. The highest BCUT2D eigenvalue weighted by Gasteiger charge is 2.17. The van der Waals surface area contributed by atoms with Gasteiger partial charge >= 0.3 is 0 Å². The second kappa shape index (κ2) is 10.0. The summed E-state index contributed by atoms with van der Waals surface area (Å²) in [6.07, 6.45) is 1.67. The number of thiophene rings is 1. The molecule has 0 bridgehead atoms. The largest absolute Gasteiger partial charge is 0.272 e. The van der Waals surface area contributed by atoms with Crippen molar-refractivity contribution < 1.29 is 4.79 Å². The Bertz CT molecular complexity index is 1200. The van der Waals surface area contributed by atoms with Gasteiger partial charge in [-0.15, -0.1) is 21.5 Å². The van der Waals surface area contributed by atoms with Gasteiger partial charge in [0.15, 0.2) is 11.0 Å². The molecular formula is C22H18BrN5OS2. The van der Waals surface area contributed by atoms with Crippen LogP contribution in [0.3, 0.4) is 0 Å². The van der Waals surface area contributed by atoms with E-state index in [0.29, 0.717) is 11.0 Å². The van der Waals surface area contributed by atoms with Crippen LogP contribution < -0.4 is 5.43 Å². The van der Waals surface area contributed by atoms with Crippen molar-refractivity contribution in [3.05, 3.63) is 81.0 Å². The van der Waals surface area contributed by atoms with Crippen LogP contribution in [0.5, 0.6) is 0 Å². The van der Waals surface area contributed by atoms with Gasteiger partial charge in [-0.3, -0.25) is 9.36 Å². The lowest BCUT2D eigenvalue weighted by Gasteiger charge is -2.10. The number of amides is 1. The average molecular weight is 512 g/mol. The number of carbonyl (C=O) groups excluding carboxylic acids is 1. The van der Waals surface area contributed by atoms with Crippen molar-refractivity contribution in [1.82, 2.24) is 20.2 Å². The summed E-state index contributed by atoms with van der Waals surface area (Å²) in [7, 11) is 0. The van der Waals surface area contributed by atoms with E-state index >= 15 is 0 Å². The number of para-hydroxylation sites is 1. The van der Waals surface area contributed by atoms with Gasteiger partial charge in [-0.05, 0) is 48.2 Å². The number of benzene rings is 2. The van der Waals surface area contributed by atoms with E-state index in [1.807, 2.05) is 77.5 Å². The van der Waals surface area contributed by atoms with E-state index in [-0.39, 0.29) is 11.7 Å². The molecule has 1 amide bonds. The normalized spacial score (nSPS) is 11.2. The fourth-order valence-corrected chi connectivity index (χ4v) is 4.60. The molecule has 0 aliphatic rings. The van der Waals surface area contributed by atoms with Crippen molar-refractivity contribution in [2.45, 2.75) is 12.1 Å². The number of aromatic nitrogens is 3. The van der Waals surface area contributed by atoms with Crippen molar-refractivity contribution in [1.29, 1.82) is 0 Å². The summed E-state index contributed by atoms with van der Waals surface area (Å²) in [6.45, 7) is 2.01. The first-order chi connectivity index (χ1) is 15.1. The van der Waals surface area contributed by atoms with Crippen LogP contribution in [-0.2, 0) is 4.79 Å². The number of hydrogen-bond donors (Lipinski definition) is 1.